The second kappa shape index (κ2) is 6.78. The largest absolute Gasteiger partial charge is 0.485 e. The fourth-order valence-electron chi connectivity index (χ4n) is 1.91. The number of carbonyl (C=O) groups excluding carboxylic acids is 1. The van der Waals surface area contributed by atoms with Crippen molar-refractivity contribution >= 4 is 11.9 Å². The van der Waals surface area contributed by atoms with Crippen molar-refractivity contribution in [1.82, 2.24) is 5.32 Å². The Hall–Kier alpha value is -2.50. The first kappa shape index (κ1) is 14.9. The van der Waals surface area contributed by atoms with Gasteiger partial charge < -0.3 is 19.9 Å². The summed E-state index contributed by atoms with van der Waals surface area (Å²) in [7, 11) is 0. The monoisotopic (exact) mass is 291 g/mol. The summed E-state index contributed by atoms with van der Waals surface area (Å²) < 4.78 is 11.0. The Morgan fingerprint density at radius 3 is 2.81 bits per heavy atom. The molecule has 1 aliphatic rings. The molecular weight excluding hydrogens is 274 g/mol. The molecule has 0 saturated carbocycles. The number of carbonyl (C=O) groups is 2. The first-order valence-electron chi connectivity index (χ1n) is 6.64. The van der Waals surface area contributed by atoms with Gasteiger partial charge in [0.05, 0.1) is 0 Å². The Balaban J connectivity index is 1.99. The van der Waals surface area contributed by atoms with Crippen molar-refractivity contribution in [3.05, 3.63) is 36.4 Å². The van der Waals surface area contributed by atoms with Gasteiger partial charge in [0.25, 0.3) is 5.91 Å². The SMILES string of the molecule is C/C=C/CC(NC(=O)C1COc2ccccc2O1)C(=O)O. The molecule has 6 nitrogen and oxygen atoms in total. The van der Waals surface area contributed by atoms with Crippen LogP contribution >= 0.6 is 0 Å². The van der Waals surface area contributed by atoms with E-state index in [9.17, 15) is 9.59 Å². The molecule has 2 rings (SSSR count). The van der Waals surface area contributed by atoms with E-state index in [1.54, 1.807) is 43.3 Å². The van der Waals surface area contributed by atoms with Gasteiger partial charge in [0.1, 0.15) is 12.6 Å². The van der Waals surface area contributed by atoms with Crippen molar-refractivity contribution in [1.29, 1.82) is 0 Å². The Bertz CT molecular complexity index is 555. The van der Waals surface area contributed by atoms with Gasteiger partial charge in [-0.3, -0.25) is 4.79 Å². The number of para-hydroxylation sites is 2. The van der Waals surface area contributed by atoms with Crippen molar-refractivity contribution < 1.29 is 24.2 Å². The van der Waals surface area contributed by atoms with Crippen molar-refractivity contribution in [2.24, 2.45) is 0 Å². The van der Waals surface area contributed by atoms with E-state index in [0.29, 0.717) is 11.5 Å². The molecule has 0 saturated heterocycles. The third-order valence-electron chi connectivity index (χ3n) is 3.02. The number of rotatable bonds is 5. The van der Waals surface area contributed by atoms with E-state index >= 15 is 0 Å². The summed E-state index contributed by atoms with van der Waals surface area (Å²) in [5.41, 5.74) is 0. The highest BCUT2D eigenvalue weighted by atomic mass is 16.6. The predicted molar refractivity (Wildman–Crippen MR) is 75.4 cm³/mol. The van der Waals surface area contributed by atoms with Crippen LogP contribution in [0.3, 0.4) is 0 Å². The lowest BCUT2D eigenvalue weighted by Gasteiger charge is -2.26. The van der Waals surface area contributed by atoms with E-state index in [1.807, 2.05) is 0 Å². The van der Waals surface area contributed by atoms with E-state index in [-0.39, 0.29) is 13.0 Å². The normalized spacial score (nSPS) is 18.2. The summed E-state index contributed by atoms with van der Waals surface area (Å²) >= 11 is 0. The summed E-state index contributed by atoms with van der Waals surface area (Å²) in [5.74, 6) is -0.533. The lowest BCUT2D eigenvalue weighted by Crippen LogP contribution is -2.49. The number of carboxylic acid groups (broad SMARTS) is 1. The second-order valence-corrected chi connectivity index (χ2v) is 4.57. The van der Waals surface area contributed by atoms with Gasteiger partial charge in [-0.25, -0.2) is 4.79 Å². The molecule has 0 aliphatic carbocycles. The van der Waals surface area contributed by atoms with Gasteiger partial charge in [0.15, 0.2) is 11.5 Å². The molecular formula is C15H17NO5. The molecule has 2 unspecified atom stereocenters. The fraction of sp³-hybridized carbons (Fsp3) is 0.333. The predicted octanol–water partition coefficient (Wildman–Crippen LogP) is 1.36. The standard InChI is InChI=1S/C15H17NO5/c1-2-3-6-10(15(18)19)16-14(17)13-9-20-11-7-4-5-8-12(11)21-13/h2-5,7-8,10,13H,6,9H2,1H3,(H,16,17)(H,18,19)/b3-2+. The summed E-state index contributed by atoms with van der Waals surface area (Å²) in [5, 5.41) is 11.5. The van der Waals surface area contributed by atoms with Gasteiger partial charge in [-0.1, -0.05) is 24.3 Å². The van der Waals surface area contributed by atoms with Crippen LogP contribution in [0.25, 0.3) is 0 Å². The number of nitrogens with one attached hydrogen (secondary N) is 1. The van der Waals surface area contributed by atoms with Gasteiger partial charge in [-0.05, 0) is 25.5 Å². The molecule has 6 heteroatoms. The number of fused-ring (bicyclic) bond motifs is 1. The molecule has 0 aromatic heterocycles. The van der Waals surface area contributed by atoms with Crippen LogP contribution < -0.4 is 14.8 Å². The highest BCUT2D eigenvalue weighted by molar-refractivity contribution is 5.87. The van der Waals surface area contributed by atoms with Crippen LogP contribution in [0.1, 0.15) is 13.3 Å². The van der Waals surface area contributed by atoms with Gasteiger partial charge in [0.2, 0.25) is 6.10 Å². The third-order valence-corrected chi connectivity index (χ3v) is 3.02. The molecule has 2 atom stereocenters. The quantitative estimate of drug-likeness (QED) is 0.800. The fourth-order valence-corrected chi connectivity index (χ4v) is 1.91. The lowest BCUT2D eigenvalue weighted by molar-refractivity contribution is -0.143. The maximum absolute atomic E-state index is 12.1. The summed E-state index contributed by atoms with van der Waals surface area (Å²) in [6.45, 7) is 1.84. The average Bonchev–Trinajstić information content (AvgIpc) is 2.50. The molecule has 112 valence electrons. The van der Waals surface area contributed by atoms with Crippen molar-refractivity contribution in [2.75, 3.05) is 6.61 Å². The zero-order valence-corrected chi connectivity index (χ0v) is 11.6. The molecule has 0 radical (unpaired) electrons. The van der Waals surface area contributed by atoms with Crippen LogP contribution in [0.4, 0.5) is 0 Å². The number of ether oxygens (including phenoxy) is 2. The van der Waals surface area contributed by atoms with E-state index in [1.165, 1.54) is 0 Å². The number of carboxylic acids is 1. The Kier molecular flexibility index (Phi) is 4.81. The highest BCUT2D eigenvalue weighted by Crippen LogP contribution is 2.30. The van der Waals surface area contributed by atoms with Crippen LogP contribution in [-0.4, -0.2) is 35.7 Å². The van der Waals surface area contributed by atoms with Gasteiger partial charge in [-0.2, -0.15) is 0 Å². The van der Waals surface area contributed by atoms with Crippen molar-refractivity contribution in [2.45, 2.75) is 25.5 Å². The third kappa shape index (κ3) is 3.75. The molecule has 21 heavy (non-hydrogen) atoms. The minimum Gasteiger partial charge on any atom is -0.485 e. The van der Waals surface area contributed by atoms with E-state index in [0.717, 1.165) is 0 Å². The van der Waals surface area contributed by atoms with Crippen molar-refractivity contribution in [3.8, 4) is 11.5 Å². The van der Waals surface area contributed by atoms with Crippen molar-refractivity contribution in [3.63, 3.8) is 0 Å². The Morgan fingerprint density at radius 1 is 1.43 bits per heavy atom. The number of aliphatic carboxylic acids is 1. The first-order valence-corrected chi connectivity index (χ1v) is 6.64. The zero-order valence-electron chi connectivity index (χ0n) is 11.6. The number of hydrogen-bond donors (Lipinski definition) is 2. The molecule has 0 fully saturated rings. The molecule has 0 bridgehead atoms. The Labute approximate surface area is 122 Å². The van der Waals surface area contributed by atoms with Gasteiger partial charge in [0, 0.05) is 0 Å². The van der Waals surface area contributed by atoms with Crippen LogP contribution in [-0.2, 0) is 9.59 Å². The van der Waals surface area contributed by atoms with Crippen LogP contribution in [0, 0.1) is 0 Å². The average molecular weight is 291 g/mol. The number of allylic oxidation sites excluding steroid dienone is 1. The molecule has 1 aliphatic heterocycles. The zero-order chi connectivity index (χ0) is 15.2. The van der Waals surface area contributed by atoms with Crippen LogP contribution in [0.15, 0.2) is 36.4 Å². The molecule has 1 aromatic rings. The van der Waals surface area contributed by atoms with Gasteiger partial charge in [-0.15, -0.1) is 0 Å². The number of benzene rings is 1. The lowest BCUT2D eigenvalue weighted by atomic mass is 10.2. The summed E-state index contributed by atoms with van der Waals surface area (Å²) in [4.78, 5) is 23.2. The molecule has 1 amide bonds. The Morgan fingerprint density at radius 2 is 2.14 bits per heavy atom. The molecule has 2 N–H and O–H groups in total. The number of hydrogen-bond acceptors (Lipinski definition) is 4. The maximum atomic E-state index is 12.1. The number of amides is 1. The molecule has 1 heterocycles. The minimum atomic E-state index is -1.08. The summed E-state index contributed by atoms with van der Waals surface area (Å²) in [6, 6.07) is 6.04. The van der Waals surface area contributed by atoms with E-state index in [4.69, 9.17) is 14.6 Å². The van der Waals surface area contributed by atoms with Crippen LogP contribution in [0.5, 0.6) is 11.5 Å². The first-order chi connectivity index (χ1) is 10.1. The minimum absolute atomic E-state index is 0.0544. The van der Waals surface area contributed by atoms with Crippen LogP contribution in [0.2, 0.25) is 0 Å². The van der Waals surface area contributed by atoms with E-state index < -0.39 is 24.0 Å². The topological polar surface area (TPSA) is 84.9 Å². The van der Waals surface area contributed by atoms with Gasteiger partial charge >= 0.3 is 5.97 Å². The van der Waals surface area contributed by atoms with E-state index in [2.05, 4.69) is 5.32 Å². The molecule has 1 aromatic carbocycles. The summed E-state index contributed by atoms with van der Waals surface area (Å²) in [6.07, 6.45) is 2.79. The maximum Gasteiger partial charge on any atom is 0.326 e. The molecule has 0 spiro atoms. The smallest absolute Gasteiger partial charge is 0.326 e. The second-order valence-electron chi connectivity index (χ2n) is 4.57. The highest BCUT2D eigenvalue weighted by Gasteiger charge is 2.30.